The standard InChI is InChI=1S/C13H17BrN2O2/c14-11-3-1-2-10(8-11)13(17)16-6-7-18-12(9-16)4-5-15/h1-3,8,12H,4-7,9,15H2. The third-order valence-corrected chi connectivity index (χ3v) is 3.48. The smallest absolute Gasteiger partial charge is 0.254 e. The zero-order valence-electron chi connectivity index (χ0n) is 10.1. The molecule has 1 saturated heterocycles. The molecule has 18 heavy (non-hydrogen) atoms. The van der Waals surface area contributed by atoms with E-state index in [9.17, 15) is 4.79 Å². The minimum Gasteiger partial charge on any atom is -0.374 e. The molecule has 1 atom stereocenters. The fourth-order valence-electron chi connectivity index (χ4n) is 2.07. The van der Waals surface area contributed by atoms with Gasteiger partial charge in [-0.25, -0.2) is 0 Å². The summed E-state index contributed by atoms with van der Waals surface area (Å²) in [5.74, 6) is 0.0571. The van der Waals surface area contributed by atoms with Crippen LogP contribution in [0.1, 0.15) is 16.8 Å². The number of halogens is 1. The maximum Gasteiger partial charge on any atom is 0.254 e. The quantitative estimate of drug-likeness (QED) is 0.923. The largest absolute Gasteiger partial charge is 0.374 e. The van der Waals surface area contributed by atoms with Crippen molar-refractivity contribution in [2.24, 2.45) is 5.73 Å². The van der Waals surface area contributed by atoms with Gasteiger partial charge in [0.2, 0.25) is 0 Å². The van der Waals surface area contributed by atoms with E-state index in [2.05, 4.69) is 15.9 Å². The van der Waals surface area contributed by atoms with E-state index in [1.54, 1.807) is 0 Å². The molecule has 0 bridgehead atoms. The molecule has 1 unspecified atom stereocenters. The second-order valence-corrected chi connectivity index (χ2v) is 5.25. The van der Waals surface area contributed by atoms with E-state index in [-0.39, 0.29) is 12.0 Å². The summed E-state index contributed by atoms with van der Waals surface area (Å²) in [7, 11) is 0. The Hall–Kier alpha value is -0.910. The van der Waals surface area contributed by atoms with Crippen LogP contribution in [0.15, 0.2) is 28.7 Å². The Kier molecular flexibility index (Phi) is 4.74. The van der Waals surface area contributed by atoms with Gasteiger partial charge in [0.15, 0.2) is 0 Å². The van der Waals surface area contributed by atoms with Gasteiger partial charge in [0.1, 0.15) is 0 Å². The third kappa shape index (κ3) is 3.31. The van der Waals surface area contributed by atoms with Crippen molar-refractivity contribution in [2.75, 3.05) is 26.2 Å². The monoisotopic (exact) mass is 312 g/mol. The van der Waals surface area contributed by atoms with Crippen LogP contribution in [0, 0.1) is 0 Å². The minimum absolute atomic E-state index is 0.0571. The highest BCUT2D eigenvalue weighted by Gasteiger charge is 2.24. The molecular formula is C13H17BrN2O2. The fourth-order valence-corrected chi connectivity index (χ4v) is 2.47. The lowest BCUT2D eigenvalue weighted by Gasteiger charge is -2.33. The predicted molar refractivity (Wildman–Crippen MR) is 73.5 cm³/mol. The Balaban J connectivity index is 2.04. The van der Waals surface area contributed by atoms with Crippen LogP contribution < -0.4 is 5.73 Å². The Morgan fingerprint density at radius 3 is 3.11 bits per heavy atom. The van der Waals surface area contributed by atoms with Crippen LogP contribution >= 0.6 is 15.9 Å². The first-order valence-electron chi connectivity index (χ1n) is 6.07. The summed E-state index contributed by atoms with van der Waals surface area (Å²) in [6.07, 6.45) is 0.863. The van der Waals surface area contributed by atoms with Gasteiger partial charge in [-0.3, -0.25) is 4.79 Å². The van der Waals surface area contributed by atoms with Crippen LogP contribution in [0.2, 0.25) is 0 Å². The molecule has 1 aliphatic rings. The number of nitrogens with two attached hydrogens (primary N) is 1. The molecule has 1 aromatic carbocycles. The van der Waals surface area contributed by atoms with Crippen LogP contribution in [-0.4, -0.2) is 43.2 Å². The van der Waals surface area contributed by atoms with Crippen molar-refractivity contribution in [3.05, 3.63) is 34.3 Å². The molecule has 0 radical (unpaired) electrons. The molecule has 1 aliphatic heterocycles. The zero-order chi connectivity index (χ0) is 13.0. The molecule has 1 fully saturated rings. The lowest BCUT2D eigenvalue weighted by Crippen LogP contribution is -2.46. The van der Waals surface area contributed by atoms with E-state index in [0.29, 0.717) is 31.8 Å². The minimum atomic E-state index is 0.0571. The number of rotatable bonds is 3. The van der Waals surface area contributed by atoms with Crippen molar-refractivity contribution in [3.8, 4) is 0 Å². The number of carbonyl (C=O) groups excluding carboxylic acids is 1. The normalized spacial score (nSPS) is 19.9. The van der Waals surface area contributed by atoms with E-state index in [0.717, 1.165) is 10.9 Å². The second-order valence-electron chi connectivity index (χ2n) is 4.33. The first kappa shape index (κ1) is 13.5. The van der Waals surface area contributed by atoms with Crippen LogP contribution in [0.5, 0.6) is 0 Å². The Morgan fingerprint density at radius 1 is 1.56 bits per heavy atom. The van der Waals surface area contributed by atoms with Crippen molar-refractivity contribution < 1.29 is 9.53 Å². The Bertz CT molecular complexity index is 423. The molecule has 0 saturated carbocycles. The van der Waals surface area contributed by atoms with Crippen molar-refractivity contribution >= 4 is 21.8 Å². The van der Waals surface area contributed by atoms with E-state index in [1.807, 2.05) is 29.2 Å². The maximum atomic E-state index is 12.3. The van der Waals surface area contributed by atoms with Gasteiger partial charge in [-0.2, -0.15) is 0 Å². The number of carbonyl (C=O) groups is 1. The van der Waals surface area contributed by atoms with Gasteiger partial charge in [0, 0.05) is 23.1 Å². The van der Waals surface area contributed by atoms with E-state index >= 15 is 0 Å². The molecule has 0 aliphatic carbocycles. The number of hydrogen-bond acceptors (Lipinski definition) is 3. The van der Waals surface area contributed by atoms with Gasteiger partial charge in [0.05, 0.1) is 12.7 Å². The summed E-state index contributed by atoms with van der Waals surface area (Å²) in [4.78, 5) is 14.2. The topological polar surface area (TPSA) is 55.6 Å². The summed E-state index contributed by atoms with van der Waals surface area (Å²) >= 11 is 3.38. The van der Waals surface area contributed by atoms with Gasteiger partial charge in [-0.1, -0.05) is 22.0 Å². The lowest BCUT2D eigenvalue weighted by molar-refractivity contribution is -0.0236. The number of morpholine rings is 1. The highest BCUT2D eigenvalue weighted by molar-refractivity contribution is 9.10. The van der Waals surface area contributed by atoms with Crippen LogP contribution in [0.3, 0.4) is 0 Å². The summed E-state index contributed by atoms with van der Waals surface area (Å²) in [6, 6.07) is 7.46. The van der Waals surface area contributed by atoms with E-state index in [1.165, 1.54) is 0 Å². The maximum absolute atomic E-state index is 12.3. The summed E-state index contributed by atoms with van der Waals surface area (Å²) in [6.45, 7) is 2.45. The summed E-state index contributed by atoms with van der Waals surface area (Å²) < 4.78 is 6.49. The molecule has 0 spiro atoms. The summed E-state index contributed by atoms with van der Waals surface area (Å²) in [5.41, 5.74) is 6.23. The van der Waals surface area contributed by atoms with Crippen molar-refractivity contribution in [1.29, 1.82) is 0 Å². The van der Waals surface area contributed by atoms with E-state index in [4.69, 9.17) is 10.5 Å². The summed E-state index contributed by atoms with van der Waals surface area (Å²) in [5, 5.41) is 0. The van der Waals surface area contributed by atoms with Gasteiger partial charge in [-0.15, -0.1) is 0 Å². The molecule has 1 heterocycles. The Morgan fingerprint density at radius 2 is 2.39 bits per heavy atom. The number of benzene rings is 1. The molecule has 98 valence electrons. The predicted octanol–water partition coefficient (Wildman–Crippen LogP) is 1.64. The van der Waals surface area contributed by atoms with Crippen molar-refractivity contribution in [2.45, 2.75) is 12.5 Å². The lowest BCUT2D eigenvalue weighted by atomic mass is 10.1. The van der Waals surface area contributed by atoms with E-state index < -0.39 is 0 Å². The number of ether oxygens (including phenoxy) is 1. The molecule has 1 aromatic rings. The van der Waals surface area contributed by atoms with Gasteiger partial charge in [0.25, 0.3) is 5.91 Å². The molecule has 4 nitrogen and oxygen atoms in total. The molecule has 1 amide bonds. The first-order chi connectivity index (χ1) is 8.70. The first-order valence-corrected chi connectivity index (χ1v) is 6.86. The number of nitrogens with zero attached hydrogens (tertiary/aromatic N) is 1. The number of hydrogen-bond donors (Lipinski definition) is 1. The molecular weight excluding hydrogens is 296 g/mol. The average molecular weight is 313 g/mol. The van der Waals surface area contributed by atoms with Crippen molar-refractivity contribution in [1.82, 2.24) is 4.90 Å². The SMILES string of the molecule is NCCC1CN(C(=O)c2cccc(Br)c2)CCO1. The molecule has 2 N–H and O–H groups in total. The van der Waals surface area contributed by atoms with Gasteiger partial charge < -0.3 is 15.4 Å². The van der Waals surface area contributed by atoms with Crippen LogP contribution in [0.25, 0.3) is 0 Å². The van der Waals surface area contributed by atoms with Crippen molar-refractivity contribution in [3.63, 3.8) is 0 Å². The Labute approximate surface area is 115 Å². The zero-order valence-corrected chi connectivity index (χ0v) is 11.7. The average Bonchev–Trinajstić information content (AvgIpc) is 2.39. The molecule has 5 heteroatoms. The third-order valence-electron chi connectivity index (χ3n) is 2.99. The highest BCUT2D eigenvalue weighted by atomic mass is 79.9. The fraction of sp³-hybridized carbons (Fsp3) is 0.462. The number of amides is 1. The molecule has 0 aromatic heterocycles. The van der Waals surface area contributed by atoms with Crippen LogP contribution in [0.4, 0.5) is 0 Å². The van der Waals surface area contributed by atoms with Crippen LogP contribution in [-0.2, 0) is 4.74 Å². The highest BCUT2D eigenvalue weighted by Crippen LogP contribution is 2.16. The molecule has 2 rings (SSSR count). The second kappa shape index (κ2) is 6.31. The van der Waals surface area contributed by atoms with Gasteiger partial charge in [-0.05, 0) is 31.2 Å². The van der Waals surface area contributed by atoms with Gasteiger partial charge >= 0.3 is 0 Å².